The number of hydrogen-bond acceptors (Lipinski definition) is 3. The van der Waals surface area contributed by atoms with E-state index >= 15 is 0 Å². The van der Waals surface area contributed by atoms with Crippen molar-refractivity contribution in [3.05, 3.63) is 18.7 Å². The summed E-state index contributed by atoms with van der Waals surface area (Å²) < 4.78 is 1.99. The van der Waals surface area contributed by atoms with Crippen LogP contribution in [0.4, 0.5) is 0 Å². The lowest BCUT2D eigenvalue weighted by Crippen LogP contribution is -2.32. The van der Waals surface area contributed by atoms with Gasteiger partial charge in [0, 0.05) is 6.54 Å². The average molecular weight is 231 g/mol. The van der Waals surface area contributed by atoms with Crippen molar-refractivity contribution in [2.45, 2.75) is 6.54 Å². The Bertz CT molecular complexity index is 389. The third-order valence-electron chi connectivity index (χ3n) is 1.86. The van der Waals surface area contributed by atoms with Gasteiger partial charge in [-0.2, -0.15) is 0 Å². The van der Waals surface area contributed by atoms with Crippen molar-refractivity contribution in [2.24, 2.45) is 0 Å². The molecule has 0 radical (unpaired) electrons. The molecule has 3 nitrogen and oxygen atoms in total. The van der Waals surface area contributed by atoms with E-state index in [1.807, 2.05) is 4.57 Å². The number of aryl methyl sites for hydroxylation is 1. The molecule has 0 aromatic carbocycles. The Morgan fingerprint density at radius 1 is 1.57 bits per heavy atom. The predicted octanol–water partition coefficient (Wildman–Crippen LogP) is 0.962. The molecule has 14 heavy (non-hydrogen) atoms. The van der Waals surface area contributed by atoms with Gasteiger partial charge in [-0.25, -0.2) is 7.72 Å². The maximum absolute atomic E-state index is 5.57. The maximum atomic E-state index is 5.57. The standard InChI is InChI=1S/C9H17N3S2/c1-5-9-11-10-8-12(9)6-7-14(2,3,4)13/h5,8H,1,6-7H2,2-4H3. The molecule has 1 aromatic rings. The van der Waals surface area contributed by atoms with Crippen molar-refractivity contribution in [2.75, 3.05) is 24.5 Å². The fourth-order valence-electron chi connectivity index (χ4n) is 1.00. The van der Waals surface area contributed by atoms with Crippen molar-refractivity contribution in [1.82, 2.24) is 14.8 Å². The van der Waals surface area contributed by atoms with Gasteiger partial charge in [0.15, 0.2) is 5.82 Å². The fraction of sp³-hybridized carbons (Fsp3) is 0.556. The first-order valence-corrected chi connectivity index (χ1v) is 8.72. The highest BCUT2D eigenvalue weighted by Gasteiger charge is 2.14. The van der Waals surface area contributed by atoms with Crippen LogP contribution in [0.5, 0.6) is 0 Å². The van der Waals surface area contributed by atoms with Crippen LogP contribution in [0.25, 0.3) is 6.08 Å². The summed E-state index contributed by atoms with van der Waals surface area (Å²) in [6, 6.07) is 0. The largest absolute Gasteiger partial charge is 0.313 e. The first-order chi connectivity index (χ1) is 6.28. The van der Waals surface area contributed by atoms with Gasteiger partial charge < -0.3 is 4.57 Å². The number of rotatable bonds is 4. The average Bonchev–Trinajstić information content (AvgIpc) is 2.44. The van der Waals surface area contributed by atoms with Crippen LogP contribution in [0.3, 0.4) is 0 Å². The zero-order valence-electron chi connectivity index (χ0n) is 8.93. The lowest BCUT2D eigenvalue weighted by atomic mass is 10.5. The second-order valence-electron chi connectivity index (χ2n) is 4.50. The second-order valence-corrected chi connectivity index (χ2v) is 14.0. The molecular weight excluding hydrogens is 214 g/mol. The van der Waals surface area contributed by atoms with E-state index in [2.05, 4.69) is 35.5 Å². The van der Waals surface area contributed by atoms with E-state index in [4.69, 9.17) is 11.2 Å². The van der Waals surface area contributed by atoms with Crippen molar-refractivity contribution in [3.8, 4) is 0 Å². The summed E-state index contributed by atoms with van der Waals surface area (Å²) in [5.41, 5.74) is 0. The zero-order valence-corrected chi connectivity index (χ0v) is 10.6. The summed E-state index contributed by atoms with van der Waals surface area (Å²) in [6.45, 7) is 4.56. The van der Waals surface area contributed by atoms with E-state index in [1.165, 1.54) is 0 Å². The van der Waals surface area contributed by atoms with E-state index < -0.39 is 7.72 Å². The summed E-state index contributed by atoms with van der Waals surface area (Å²) >= 11 is 5.57. The molecule has 0 fully saturated rings. The Morgan fingerprint density at radius 3 is 2.71 bits per heavy atom. The van der Waals surface area contributed by atoms with Crippen molar-refractivity contribution in [1.29, 1.82) is 0 Å². The molecule has 1 heterocycles. The number of nitrogens with zero attached hydrogens (tertiary/aromatic N) is 3. The highest BCUT2D eigenvalue weighted by Crippen LogP contribution is 2.14. The number of hydrogen-bond donors (Lipinski definition) is 0. The van der Waals surface area contributed by atoms with Gasteiger partial charge in [0.25, 0.3) is 0 Å². The van der Waals surface area contributed by atoms with E-state index in [9.17, 15) is 0 Å². The molecule has 80 valence electrons. The molecule has 0 amide bonds. The molecule has 0 saturated heterocycles. The topological polar surface area (TPSA) is 30.7 Å². The van der Waals surface area contributed by atoms with Gasteiger partial charge in [0.05, 0.1) is 0 Å². The van der Waals surface area contributed by atoms with E-state index in [0.717, 1.165) is 18.1 Å². The van der Waals surface area contributed by atoms with Crippen LogP contribution in [0, 0.1) is 0 Å². The van der Waals surface area contributed by atoms with Gasteiger partial charge >= 0.3 is 0 Å². The zero-order chi connectivity index (χ0) is 10.8. The van der Waals surface area contributed by atoms with E-state index in [-0.39, 0.29) is 0 Å². The molecule has 1 rings (SSSR count). The lowest BCUT2D eigenvalue weighted by Gasteiger charge is -2.32. The van der Waals surface area contributed by atoms with Crippen LogP contribution in [-0.4, -0.2) is 39.3 Å². The SMILES string of the molecule is C=Cc1nncn1CCS(C)(C)(C)=S. The summed E-state index contributed by atoms with van der Waals surface area (Å²) in [7, 11) is -1.60. The maximum Gasteiger partial charge on any atom is 0.155 e. The minimum atomic E-state index is -1.60. The van der Waals surface area contributed by atoms with Gasteiger partial charge in [0.1, 0.15) is 6.33 Å². The third-order valence-corrected chi connectivity index (χ3v) is 3.93. The van der Waals surface area contributed by atoms with Gasteiger partial charge in [0.2, 0.25) is 0 Å². The smallest absolute Gasteiger partial charge is 0.155 e. The molecule has 0 aliphatic carbocycles. The van der Waals surface area contributed by atoms with E-state index in [1.54, 1.807) is 12.4 Å². The fourth-order valence-corrected chi connectivity index (χ4v) is 2.05. The Kier molecular flexibility index (Phi) is 2.92. The van der Waals surface area contributed by atoms with Gasteiger partial charge in [-0.3, -0.25) is 0 Å². The molecule has 0 bridgehead atoms. The lowest BCUT2D eigenvalue weighted by molar-refractivity contribution is 0.756. The first kappa shape index (κ1) is 11.5. The molecule has 0 spiro atoms. The molecule has 0 aliphatic rings. The van der Waals surface area contributed by atoms with Crippen LogP contribution in [0.2, 0.25) is 0 Å². The molecule has 0 aliphatic heterocycles. The third kappa shape index (κ3) is 3.67. The van der Waals surface area contributed by atoms with Gasteiger partial charge in [-0.05, 0) is 30.6 Å². The predicted molar refractivity (Wildman–Crippen MR) is 67.5 cm³/mol. The van der Waals surface area contributed by atoms with Crippen LogP contribution < -0.4 is 0 Å². The highest BCUT2D eigenvalue weighted by atomic mass is 32.9. The molecule has 1 aromatic heterocycles. The quantitative estimate of drug-likeness (QED) is 0.773. The minimum absolute atomic E-state index is 0.816. The molecule has 0 unspecified atom stereocenters. The first-order valence-electron chi connectivity index (χ1n) is 4.36. The second kappa shape index (κ2) is 3.55. The van der Waals surface area contributed by atoms with Crippen molar-refractivity contribution >= 4 is 25.0 Å². The van der Waals surface area contributed by atoms with Crippen molar-refractivity contribution < 1.29 is 0 Å². The summed E-state index contributed by atoms with van der Waals surface area (Å²) in [4.78, 5) is 0. The van der Waals surface area contributed by atoms with Crippen LogP contribution in [0.1, 0.15) is 5.82 Å². The molecule has 0 N–H and O–H groups in total. The van der Waals surface area contributed by atoms with Gasteiger partial charge in [-0.15, -0.1) is 10.2 Å². The summed E-state index contributed by atoms with van der Waals surface area (Å²) in [6.07, 6.45) is 9.95. The van der Waals surface area contributed by atoms with Crippen LogP contribution in [0.15, 0.2) is 12.9 Å². The normalized spacial score (nSPS) is 14.6. The highest BCUT2D eigenvalue weighted by molar-refractivity contribution is 8.51. The molecule has 5 heteroatoms. The Balaban J connectivity index is 2.72. The Morgan fingerprint density at radius 2 is 2.21 bits per heavy atom. The number of aromatic nitrogens is 3. The Labute approximate surface area is 89.8 Å². The van der Waals surface area contributed by atoms with Crippen molar-refractivity contribution in [3.63, 3.8) is 0 Å². The summed E-state index contributed by atoms with van der Waals surface area (Å²) in [5.74, 6) is 1.82. The minimum Gasteiger partial charge on any atom is -0.313 e. The van der Waals surface area contributed by atoms with E-state index in [0.29, 0.717) is 0 Å². The monoisotopic (exact) mass is 231 g/mol. The molecule has 0 atom stereocenters. The van der Waals surface area contributed by atoms with Crippen LogP contribution in [-0.2, 0) is 25.5 Å². The van der Waals surface area contributed by atoms with Gasteiger partial charge in [-0.1, -0.05) is 17.8 Å². The Hall–Kier alpha value is -0.550. The molecular formula is C9H17N3S2. The van der Waals surface area contributed by atoms with Crippen LogP contribution >= 0.6 is 0 Å². The summed E-state index contributed by atoms with van der Waals surface area (Å²) in [5, 5.41) is 7.77. The molecule has 0 saturated carbocycles.